The molecule has 27 heteroatoms. The highest BCUT2D eigenvalue weighted by molar-refractivity contribution is 6.30. The predicted octanol–water partition coefficient (Wildman–Crippen LogP) is -2.78. The van der Waals surface area contributed by atoms with Crippen LogP contribution in [0, 0.1) is 0 Å². The molecule has 0 radical (unpaired) electrons. The first-order chi connectivity index (χ1) is 38.6. The zero-order chi connectivity index (χ0) is 58.5. The van der Waals surface area contributed by atoms with Gasteiger partial charge in [-0.25, -0.2) is 4.68 Å². The number of nitrogens with zero attached hydrogens (tertiary/aromatic N) is 3. The number of halogens is 1. The van der Waals surface area contributed by atoms with Gasteiger partial charge in [-0.2, -0.15) is 0 Å². The first-order valence-electron chi connectivity index (χ1n) is 25.8. The SMILES string of the molecule is NCCCC[C@@H]1NC(=O)[C@@H](Cc2ccc(C(N)=O)cc2)NC(=O)[C@H](Cc2ccc(O)cc2)NC(=O)[C@H](NC(=O)[C@@H](N)Cc2ccc(Cl)cc2)Cn2cc(nn2)C2[C@@H](C(=O)N[C@H](Cc3ccc(O)cc3)C(N)=O)NC(=O)[C@@H](NC1=O)[C@@H]2O. The van der Waals surface area contributed by atoms with Gasteiger partial charge in [-0.3, -0.25) is 43.2 Å². The number of carbonyl (C=O) groups excluding carboxylic acids is 9. The van der Waals surface area contributed by atoms with Crippen LogP contribution >= 0.6 is 11.6 Å². The minimum absolute atomic E-state index is 0.0166. The monoisotopic (exact) mass is 1130 g/mol. The topological polar surface area (TPSA) is 433 Å². The first-order valence-corrected chi connectivity index (χ1v) is 26.2. The van der Waals surface area contributed by atoms with Crippen LogP contribution in [0.4, 0.5) is 0 Å². The number of fused-ring (bicyclic) bond motifs is 5. The molecular weight excluding hydrogens is 1070 g/mol. The number of aromatic nitrogens is 3. The van der Waals surface area contributed by atoms with Gasteiger partial charge in [0.05, 0.1) is 30.3 Å². The van der Waals surface area contributed by atoms with Crippen molar-refractivity contribution in [1.82, 2.24) is 52.2 Å². The molecular formula is C54H63ClN14O12. The Labute approximate surface area is 468 Å². The third-order valence-electron chi connectivity index (χ3n) is 13.8. The van der Waals surface area contributed by atoms with Crippen molar-refractivity contribution in [2.24, 2.45) is 22.9 Å². The highest BCUT2D eigenvalue weighted by atomic mass is 35.5. The van der Waals surface area contributed by atoms with E-state index in [-0.39, 0.29) is 67.8 Å². The number of rotatable bonds is 18. The summed E-state index contributed by atoms with van der Waals surface area (Å²) in [4.78, 5) is 126. The normalized spacial score (nSPS) is 22.3. The van der Waals surface area contributed by atoms with Crippen molar-refractivity contribution in [3.05, 3.63) is 142 Å². The van der Waals surface area contributed by atoms with Crippen LogP contribution in [0.5, 0.6) is 11.5 Å². The number of primary amides is 2. The van der Waals surface area contributed by atoms with Crippen LogP contribution in [0.1, 0.15) is 63.5 Å². The van der Waals surface area contributed by atoms with E-state index >= 15 is 0 Å². The molecule has 1 aromatic heterocycles. The molecule has 4 aromatic carbocycles. The minimum Gasteiger partial charge on any atom is -0.508 e. The average molecular weight is 1140 g/mol. The lowest BCUT2D eigenvalue weighted by molar-refractivity contribution is -0.142. The van der Waals surface area contributed by atoms with Crippen LogP contribution in [0.25, 0.3) is 0 Å². The van der Waals surface area contributed by atoms with Gasteiger partial charge in [0.25, 0.3) is 0 Å². The molecule has 7 rings (SSSR count). The van der Waals surface area contributed by atoms with Gasteiger partial charge in [0.1, 0.15) is 53.8 Å². The Hall–Kier alpha value is -8.98. The molecule has 1 fully saturated rings. The summed E-state index contributed by atoms with van der Waals surface area (Å²) in [6.07, 6.45) is -0.979. The molecule has 2 aliphatic rings. The number of aliphatic hydroxyl groups is 1. The number of hydrogen-bond acceptors (Lipinski definition) is 16. The van der Waals surface area contributed by atoms with E-state index in [2.05, 4.69) is 47.5 Å². The number of amides is 9. The Morgan fingerprint density at radius 2 is 1.21 bits per heavy atom. The standard InChI is InChI=1S/C54H63ClN14O12/c55-32-14-6-27(7-15-32)21-35(57)48(75)64-41-26-69-25-40(67-68-69)42-43(53(80)61-37(47(59)74)22-29-8-16-33(70)17-9-29)65-54(81)44(45(42)72)66-49(76)36(3-1-2-20-56)60-50(77)38(23-28-4-12-31(13-5-28)46(58)73)62-51(78)39(63-52(41)79)24-30-10-18-34(71)19-11-30/h4-19,25,35-39,41-45,70-72H,1-3,20-24,26,56-57H2,(H2,58,73)(H2,59,74)(H,60,77)(H,61,80)(H,62,78)(H,63,79)(H,64,75)(H,65,81)(H,66,76)/t35-,36-,37+,38+,39-,41+,42?,43-,44-,45+/m0/s1. The lowest BCUT2D eigenvalue weighted by Gasteiger charge is -2.39. The van der Waals surface area contributed by atoms with Gasteiger partial charge in [-0.15, -0.1) is 5.10 Å². The van der Waals surface area contributed by atoms with E-state index < -0.39 is 120 Å². The van der Waals surface area contributed by atoms with Crippen molar-refractivity contribution in [2.45, 2.75) is 112 Å². The number of unbranched alkanes of at least 4 members (excludes halogenated alkanes) is 1. The van der Waals surface area contributed by atoms with Gasteiger partial charge in [0, 0.05) is 36.0 Å². The zero-order valence-corrected chi connectivity index (χ0v) is 44.3. The summed E-state index contributed by atoms with van der Waals surface area (Å²) >= 11 is 6.08. The molecule has 0 saturated carbocycles. The molecule has 18 N–H and O–H groups in total. The molecule has 0 aliphatic carbocycles. The summed E-state index contributed by atoms with van der Waals surface area (Å²) < 4.78 is 1.08. The van der Waals surface area contributed by atoms with Crippen LogP contribution in [0.2, 0.25) is 5.02 Å². The fourth-order valence-electron chi connectivity index (χ4n) is 9.31. The lowest BCUT2D eigenvalue weighted by atomic mass is 9.82. The number of nitrogens with one attached hydrogen (secondary N) is 7. The molecule has 1 saturated heterocycles. The minimum atomic E-state index is -2.02. The number of aliphatic hydroxyl groups excluding tert-OH is 1. The van der Waals surface area contributed by atoms with Crippen molar-refractivity contribution in [2.75, 3.05) is 6.54 Å². The number of piperidine rings is 1. The number of phenolic OH excluding ortho intramolecular Hbond substituents is 2. The van der Waals surface area contributed by atoms with Crippen LogP contribution in [-0.4, -0.2) is 144 Å². The van der Waals surface area contributed by atoms with Crippen molar-refractivity contribution < 1.29 is 58.5 Å². The fourth-order valence-corrected chi connectivity index (χ4v) is 9.44. The molecule has 9 amide bonds. The van der Waals surface area contributed by atoms with Gasteiger partial charge in [-0.05, 0) is 103 Å². The quantitative estimate of drug-likeness (QED) is 0.0395. The molecule has 81 heavy (non-hydrogen) atoms. The Kier molecular flexibility index (Phi) is 20.1. The van der Waals surface area contributed by atoms with E-state index in [0.29, 0.717) is 33.7 Å². The van der Waals surface area contributed by atoms with Crippen LogP contribution in [-0.2, 0) is 70.6 Å². The Morgan fingerprint density at radius 3 is 1.79 bits per heavy atom. The Bertz CT molecular complexity index is 3090. The van der Waals surface area contributed by atoms with E-state index in [9.17, 15) is 58.5 Å². The van der Waals surface area contributed by atoms with Crippen molar-refractivity contribution >= 4 is 64.8 Å². The van der Waals surface area contributed by atoms with E-state index in [4.69, 9.17) is 34.5 Å². The van der Waals surface area contributed by atoms with E-state index in [1.54, 1.807) is 24.3 Å². The molecule has 26 nitrogen and oxygen atoms in total. The molecule has 3 heterocycles. The number of carbonyl (C=O) groups is 9. The summed E-state index contributed by atoms with van der Waals surface area (Å²) in [6.45, 7) is -0.372. The molecule has 4 bridgehead atoms. The summed E-state index contributed by atoms with van der Waals surface area (Å²) in [5, 5.41) is 59.3. The smallest absolute Gasteiger partial charge is 0.248 e. The van der Waals surface area contributed by atoms with Crippen LogP contribution in [0.15, 0.2) is 103 Å². The second kappa shape index (κ2) is 27.3. The summed E-state index contributed by atoms with van der Waals surface area (Å²) in [7, 11) is 0. The highest BCUT2D eigenvalue weighted by Crippen LogP contribution is 2.29. The second-order valence-electron chi connectivity index (χ2n) is 19.8. The van der Waals surface area contributed by atoms with E-state index in [1.807, 2.05) is 0 Å². The predicted molar refractivity (Wildman–Crippen MR) is 290 cm³/mol. The number of phenols is 2. The molecule has 10 atom stereocenters. The summed E-state index contributed by atoms with van der Waals surface area (Å²) in [5.41, 5.74) is 25.3. The average Bonchev–Trinajstić information content (AvgIpc) is 4.13. The van der Waals surface area contributed by atoms with Crippen LogP contribution < -0.4 is 60.2 Å². The second-order valence-corrected chi connectivity index (χ2v) is 20.2. The Balaban J connectivity index is 1.31. The third kappa shape index (κ3) is 16.1. The van der Waals surface area contributed by atoms with E-state index in [1.165, 1.54) is 79.0 Å². The summed E-state index contributed by atoms with van der Waals surface area (Å²) in [5.74, 6) is -10.3. The molecule has 428 valence electrons. The van der Waals surface area contributed by atoms with Crippen molar-refractivity contribution in [3.63, 3.8) is 0 Å². The Morgan fingerprint density at radius 1 is 0.679 bits per heavy atom. The maximum atomic E-state index is 14.8. The largest absolute Gasteiger partial charge is 0.508 e. The zero-order valence-electron chi connectivity index (χ0n) is 43.5. The summed E-state index contributed by atoms with van der Waals surface area (Å²) in [6, 6.07) is 11.2. The molecule has 5 aromatic rings. The number of benzene rings is 4. The van der Waals surface area contributed by atoms with Crippen LogP contribution in [0.3, 0.4) is 0 Å². The number of nitrogens with two attached hydrogens (primary N) is 4. The first kappa shape index (κ1) is 59.7. The van der Waals surface area contributed by atoms with Gasteiger partial charge < -0.3 is 75.5 Å². The van der Waals surface area contributed by atoms with Gasteiger partial charge >= 0.3 is 0 Å². The van der Waals surface area contributed by atoms with Gasteiger partial charge in [-0.1, -0.05) is 65.3 Å². The maximum Gasteiger partial charge on any atom is 0.248 e. The maximum absolute atomic E-state index is 14.8. The van der Waals surface area contributed by atoms with Gasteiger partial charge in [0.15, 0.2) is 0 Å². The van der Waals surface area contributed by atoms with Crippen molar-refractivity contribution in [1.29, 1.82) is 0 Å². The molecule has 0 spiro atoms. The molecule has 2 aliphatic heterocycles. The van der Waals surface area contributed by atoms with E-state index in [0.717, 1.165) is 4.68 Å². The number of hydrogen-bond donors (Lipinski definition) is 14. The third-order valence-corrected chi connectivity index (χ3v) is 14.0. The fraction of sp³-hybridized carbons (Fsp3) is 0.352. The molecule has 1 unspecified atom stereocenters. The van der Waals surface area contributed by atoms with Gasteiger partial charge in [0.2, 0.25) is 53.2 Å². The lowest BCUT2D eigenvalue weighted by Crippen LogP contribution is -2.69. The van der Waals surface area contributed by atoms with Crippen molar-refractivity contribution in [3.8, 4) is 11.5 Å². The number of aromatic hydroxyl groups is 2. The highest BCUT2D eigenvalue weighted by Gasteiger charge is 2.50.